The first-order valence-corrected chi connectivity index (χ1v) is 8.78. The molecule has 0 aliphatic carbocycles. The van der Waals surface area contributed by atoms with Crippen molar-refractivity contribution in [3.05, 3.63) is 70.9 Å². The Morgan fingerprint density at radius 2 is 1.86 bits per heavy atom. The number of halogens is 1. The molecule has 0 bridgehead atoms. The lowest BCUT2D eigenvalue weighted by atomic mass is 10.1. The zero-order valence-electron chi connectivity index (χ0n) is 15.4. The highest BCUT2D eigenvalue weighted by Gasteiger charge is 2.19. The zero-order chi connectivity index (χ0) is 19.8. The summed E-state index contributed by atoms with van der Waals surface area (Å²) in [5.74, 6) is -1.19. The molecule has 6 nitrogen and oxygen atoms in total. The molecule has 0 saturated carbocycles. The number of aryl methyl sites for hydroxylation is 2. The third kappa shape index (κ3) is 3.11. The minimum atomic E-state index is -0.538. The SMILES string of the molecule is Cc1[nH]c2ccc(F)cc2c1CC(=O)NNC(=O)c1oc2ccccc2c1C. The van der Waals surface area contributed by atoms with Gasteiger partial charge in [0.25, 0.3) is 0 Å². The van der Waals surface area contributed by atoms with Crippen LogP contribution in [-0.2, 0) is 11.2 Å². The Bertz CT molecular complexity index is 1220. The third-order valence-corrected chi connectivity index (χ3v) is 4.78. The molecule has 0 unspecified atom stereocenters. The molecule has 0 aliphatic rings. The van der Waals surface area contributed by atoms with Gasteiger partial charge in [-0.05, 0) is 43.7 Å². The van der Waals surface area contributed by atoms with Crippen molar-refractivity contribution in [3.63, 3.8) is 0 Å². The molecule has 142 valence electrons. The number of carbonyl (C=O) groups is 2. The predicted molar refractivity (Wildman–Crippen MR) is 103 cm³/mol. The summed E-state index contributed by atoms with van der Waals surface area (Å²) in [5.41, 5.74) is 8.28. The van der Waals surface area contributed by atoms with Crippen LogP contribution in [0.5, 0.6) is 0 Å². The average molecular weight is 379 g/mol. The maximum Gasteiger partial charge on any atom is 0.305 e. The van der Waals surface area contributed by atoms with Crippen LogP contribution >= 0.6 is 0 Å². The number of hydrazine groups is 1. The smallest absolute Gasteiger partial charge is 0.305 e. The minimum Gasteiger partial charge on any atom is -0.451 e. The summed E-state index contributed by atoms with van der Waals surface area (Å²) in [7, 11) is 0. The van der Waals surface area contributed by atoms with Gasteiger partial charge in [-0.25, -0.2) is 4.39 Å². The van der Waals surface area contributed by atoms with Crippen LogP contribution in [0.15, 0.2) is 46.9 Å². The number of aromatic nitrogens is 1. The highest BCUT2D eigenvalue weighted by atomic mass is 19.1. The first kappa shape index (κ1) is 17.8. The number of rotatable bonds is 3. The van der Waals surface area contributed by atoms with E-state index in [9.17, 15) is 14.0 Å². The number of hydrogen-bond donors (Lipinski definition) is 3. The van der Waals surface area contributed by atoms with E-state index in [1.807, 2.05) is 25.1 Å². The number of amides is 2. The molecule has 2 aromatic heterocycles. The Kier molecular flexibility index (Phi) is 4.35. The summed E-state index contributed by atoms with van der Waals surface area (Å²) in [6.45, 7) is 3.60. The molecule has 0 radical (unpaired) electrons. The van der Waals surface area contributed by atoms with Crippen molar-refractivity contribution in [2.75, 3.05) is 0 Å². The topological polar surface area (TPSA) is 87.1 Å². The molecule has 3 N–H and O–H groups in total. The average Bonchev–Trinajstić information content (AvgIpc) is 3.17. The van der Waals surface area contributed by atoms with Crippen LogP contribution in [0.3, 0.4) is 0 Å². The van der Waals surface area contributed by atoms with Crippen molar-refractivity contribution in [2.24, 2.45) is 0 Å². The Morgan fingerprint density at radius 1 is 1.07 bits per heavy atom. The number of H-pyrrole nitrogens is 1. The number of benzene rings is 2. The lowest BCUT2D eigenvalue weighted by Crippen LogP contribution is -2.42. The van der Waals surface area contributed by atoms with E-state index >= 15 is 0 Å². The third-order valence-electron chi connectivity index (χ3n) is 4.78. The number of nitrogens with one attached hydrogen (secondary N) is 3. The first-order valence-electron chi connectivity index (χ1n) is 8.78. The fourth-order valence-electron chi connectivity index (χ4n) is 3.36. The van der Waals surface area contributed by atoms with Gasteiger partial charge in [0, 0.05) is 27.5 Å². The van der Waals surface area contributed by atoms with Crippen molar-refractivity contribution in [1.29, 1.82) is 0 Å². The van der Waals surface area contributed by atoms with Gasteiger partial charge in [0.05, 0.1) is 6.42 Å². The van der Waals surface area contributed by atoms with Crippen LogP contribution in [0.4, 0.5) is 4.39 Å². The Morgan fingerprint density at radius 3 is 2.64 bits per heavy atom. The minimum absolute atomic E-state index is 0.00528. The fourth-order valence-corrected chi connectivity index (χ4v) is 3.36. The van der Waals surface area contributed by atoms with E-state index in [2.05, 4.69) is 15.8 Å². The van der Waals surface area contributed by atoms with Crippen LogP contribution in [0.2, 0.25) is 0 Å². The molecule has 0 saturated heterocycles. The lowest BCUT2D eigenvalue weighted by Gasteiger charge is -2.07. The fraction of sp³-hybridized carbons (Fsp3) is 0.143. The van der Waals surface area contributed by atoms with Gasteiger partial charge in [-0.1, -0.05) is 18.2 Å². The molecule has 2 heterocycles. The molecule has 0 spiro atoms. The molecule has 7 heteroatoms. The van der Waals surface area contributed by atoms with E-state index in [1.54, 1.807) is 19.1 Å². The summed E-state index contributed by atoms with van der Waals surface area (Å²) in [6, 6.07) is 11.7. The summed E-state index contributed by atoms with van der Waals surface area (Å²) >= 11 is 0. The van der Waals surface area contributed by atoms with E-state index in [-0.39, 0.29) is 18.0 Å². The van der Waals surface area contributed by atoms with Crippen molar-refractivity contribution in [3.8, 4) is 0 Å². The predicted octanol–water partition coefficient (Wildman–Crippen LogP) is 3.67. The van der Waals surface area contributed by atoms with Gasteiger partial charge in [0.15, 0.2) is 5.76 Å². The lowest BCUT2D eigenvalue weighted by molar-refractivity contribution is -0.121. The molecule has 2 aromatic carbocycles. The van der Waals surface area contributed by atoms with Gasteiger partial charge in [-0.3, -0.25) is 20.4 Å². The summed E-state index contributed by atoms with van der Waals surface area (Å²) in [4.78, 5) is 27.8. The molecule has 0 atom stereocenters. The number of aromatic amines is 1. The van der Waals surface area contributed by atoms with Crippen LogP contribution in [0.25, 0.3) is 21.9 Å². The molecule has 28 heavy (non-hydrogen) atoms. The van der Waals surface area contributed by atoms with E-state index in [4.69, 9.17) is 4.42 Å². The Balaban J connectivity index is 1.47. The van der Waals surface area contributed by atoms with Crippen molar-refractivity contribution < 1.29 is 18.4 Å². The quantitative estimate of drug-likeness (QED) is 0.475. The van der Waals surface area contributed by atoms with Gasteiger partial charge in [0.1, 0.15) is 11.4 Å². The monoisotopic (exact) mass is 379 g/mol. The first-order chi connectivity index (χ1) is 13.4. The molecular weight excluding hydrogens is 361 g/mol. The highest BCUT2D eigenvalue weighted by molar-refractivity contribution is 6.00. The summed E-state index contributed by atoms with van der Waals surface area (Å²) in [5, 5.41) is 1.49. The normalized spacial score (nSPS) is 11.1. The van der Waals surface area contributed by atoms with Gasteiger partial charge >= 0.3 is 5.91 Å². The molecule has 0 fully saturated rings. The Labute approximate surface area is 159 Å². The van der Waals surface area contributed by atoms with E-state index < -0.39 is 11.8 Å². The van der Waals surface area contributed by atoms with Gasteiger partial charge in [-0.2, -0.15) is 0 Å². The maximum atomic E-state index is 13.5. The molecule has 4 aromatic rings. The standard InChI is InChI=1S/C21H18FN3O3/c1-11-14-5-3-4-6-18(14)28-20(11)21(27)25-24-19(26)10-15-12(2)23-17-8-7-13(22)9-16(15)17/h3-9,23H,10H2,1-2H3,(H,24,26)(H,25,27). The maximum absolute atomic E-state index is 13.5. The second-order valence-corrected chi connectivity index (χ2v) is 6.65. The van der Waals surface area contributed by atoms with E-state index in [0.717, 1.165) is 16.6 Å². The van der Waals surface area contributed by atoms with Crippen LogP contribution in [-0.4, -0.2) is 16.8 Å². The molecule has 2 amide bonds. The number of para-hydroxylation sites is 1. The van der Waals surface area contributed by atoms with E-state index in [1.165, 1.54) is 12.1 Å². The zero-order valence-corrected chi connectivity index (χ0v) is 15.4. The van der Waals surface area contributed by atoms with Crippen LogP contribution in [0, 0.1) is 19.7 Å². The van der Waals surface area contributed by atoms with Crippen LogP contribution in [0.1, 0.15) is 27.4 Å². The van der Waals surface area contributed by atoms with Gasteiger partial charge < -0.3 is 9.40 Å². The molecular formula is C21H18FN3O3. The van der Waals surface area contributed by atoms with E-state index in [0.29, 0.717) is 22.1 Å². The van der Waals surface area contributed by atoms with Crippen molar-refractivity contribution in [2.45, 2.75) is 20.3 Å². The van der Waals surface area contributed by atoms with Crippen molar-refractivity contribution in [1.82, 2.24) is 15.8 Å². The number of fused-ring (bicyclic) bond motifs is 2. The van der Waals surface area contributed by atoms with Gasteiger partial charge in [-0.15, -0.1) is 0 Å². The number of hydrogen-bond acceptors (Lipinski definition) is 3. The largest absolute Gasteiger partial charge is 0.451 e. The molecule has 0 aliphatic heterocycles. The van der Waals surface area contributed by atoms with Gasteiger partial charge in [0.2, 0.25) is 5.91 Å². The number of carbonyl (C=O) groups excluding carboxylic acids is 2. The van der Waals surface area contributed by atoms with Crippen molar-refractivity contribution >= 4 is 33.7 Å². The molecule has 4 rings (SSSR count). The Hall–Kier alpha value is -3.61. The second-order valence-electron chi connectivity index (χ2n) is 6.65. The summed E-state index contributed by atoms with van der Waals surface area (Å²) < 4.78 is 19.1. The number of furan rings is 1. The highest BCUT2D eigenvalue weighted by Crippen LogP contribution is 2.25. The van der Waals surface area contributed by atoms with Crippen LogP contribution < -0.4 is 10.9 Å². The second kappa shape index (κ2) is 6.84. The summed E-state index contributed by atoms with van der Waals surface area (Å²) in [6.07, 6.45) is -0.00528.